The monoisotopic (exact) mass is 202 g/mol. The second-order valence-electron chi connectivity index (χ2n) is 2.04. The fourth-order valence-electron chi connectivity index (χ4n) is 0.477. The van der Waals surface area contributed by atoms with Crippen LogP contribution in [0.2, 0.25) is 0 Å². The van der Waals surface area contributed by atoms with Crippen LogP contribution in [0.25, 0.3) is 0 Å². The van der Waals surface area contributed by atoms with Crippen molar-refractivity contribution < 1.29 is 18.5 Å². The lowest BCUT2D eigenvalue weighted by molar-refractivity contribution is 0.154. The van der Waals surface area contributed by atoms with Crippen molar-refractivity contribution in [3.63, 3.8) is 0 Å². The molecule has 0 rings (SSSR count). The normalized spacial score (nSPS) is 10.4. The van der Waals surface area contributed by atoms with Crippen LogP contribution in [-0.2, 0) is 13.6 Å². The Balaban J connectivity index is 3.63. The third kappa shape index (κ3) is 7.59. The Bertz CT molecular complexity index is 236. The predicted octanol–water partition coefficient (Wildman–Crippen LogP) is 1.17. The minimum atomic E-state index is -3.94. The zero-order valence-electron chi connectivity index (χ0n) is 7.10. The van der Waals surface area contributed by atoms with Gasteiger partial charge >= 0.3 is 7.82 Å². The average molecular weight is 202 g/mol. The van der Waals surface area contributed by atoms with Crippen molar-refractivity contribution in [3.8, 4) is 24.7 Å². The molecule has 0 heterocycles. The van der Waals surface area contributed by atoms with E-state index in [9.17, 15) is 4.57 Å². The summed E-state index contributed by atoms with van der Waals surface area (Å²) in [6.07, 6.45) is 10.4. The fraction of sp³-hybridized carbons (Fsp3) is 0.500. The molecule has 0 aliphatic carbocycles. The molecule has 0 aromatic rings. The molecule has 4 nitrogen and oxygen atoms in total. The van der Waals surface area contributed by atoms with Gasteiger partial charge in [-0.2, -0.15) is 0 Å². The minimum absolute atomic E-state index is 0.000329. The molecule has 0 aliphatic rings. The summed E-state index contributed by atoms with van der Waals surface area (Å²) >= 11 is 0. The van der Waals surface area contributed by atoms with Crippen LogP contribution in [0.4, 0.5) is 0 Å². The van der Waals surface area contributed by atoms with Crippen molar-refractivity contribution in [1.29, 1.82) is 0 Å². The third-order valence-corrected chi connectivity index (χ3v) is 2.02. The summed E-state index contributed by atoms with van der Waals surface area (Å²) < 4.78 is 19.9. The zero-order valence-corrected chi connectivity index (χ0v) is 8.00. The highest BCUT2D eigenvalue weighted by Gasteiger charge is 2.19. The van der Waals surface area contributed by atoms with Gasteiger partial charge < -0.3 is 4.89 Å². The van der Waals surface area contributed by atoms with E-state index in [1.165, 1.54) is 0 Å². The second kappa shape index (κ2) is 6.71. The fourth-order valence-corrected chi connectivity index (χ4v) is 1.20. The lowest BCUT2D eigenvalue weighted by Crippen LogP contribution is -1.97. The number of phosphoric ester groups is 1. The number of rotatable bonds is 6. The molecule has 13 heavy (non-hydrogen) atoms. The van der Waals surface area contributed by atoms with Crippen LogP contribution in [0.15, 0.2) is 0 Å². The molecule has 0 fully saturated rings. The summed E-state index contributed by atoms with van der Waals surface area (Å²) in [7, 11) is -3.94. The lowest BCUT2D eigenvalue weighted by atomic mass is 10.5. The maximum Gasteiger partial charge on any atom is 0.472 e. The smallest absolute Gasteiger partial charge is 0.302 e. The Morgan fingerprint density at radius 1 is 1.15 bits per heavy atom. The molecule has 0 aromatic heterocycles. The molecule has 0 aliphatic heterocycles. The average Bonchev–Trinajstić information content (AvgIpc) is 2.05. The SMILES string of the molecule is C#CCCOP(=O)(O)OCCC#C. The highest BCUT2D eigenvalue weighted by molar-refractivity contribution is 7.47. The molecular formula is C8H11O4P. The molecule has 0 unspecified atom stereocenters. The first-order valence-corrected chi connectivity index (χ1v) is 5.10. The van der Waals surface area contributed by atoms with Gasteiger partial charge in [0.15, 0.2) is 0 Å². The van der Waals surface area contributed by atoms with Gasteiger partial charge in [0.1, 0.15) is 0 Å². The molecule has 0 spiro atoms. The van der Waals surface area contributed by atoms with Crippen molar-refractivity contribution in [2.24, 2.45) is 0 Å². The van der Waals surface area contributed by atoms with Crippen molar-refractivity contribution in [3.05, 3.63) is 0 Å². The van der Waals surface area contributed by atoms with Gasteiger partial charge in [0.2, 0.25) is 0 Å². The predicted molar refractivity (Wildman–Crippen MR) is 48.6 cm³/mol. The Kier molecular flexibility index (Phi) is 6.32. The molecule has 0 radical (unpaired) electrons. The number of hydrogen-bond donors (Lipinski definition) is 1. The summed E-state index contributed by atoms with van der Waals surface area (Å²) in [5.74, 6) is 4.52. The van der Waals surface area contributed by atoms with Gasteiger partial charge in [-0.25, -0.2) is 4.57 Å². The summed E-state index contributed by atoms with van der Waals surface area (Å²) in [4.78, 5) is 8.94. The largest absolute Gasteiger partial charge is 0.472 e. The van der Waals surface area contributed by atoms with Crippen LogP contribution >= 0.6 is 7.82 Å². The van der Waals surface area contributed by atoms with Gasteiger partial charge in [-0.1, -0.05) is 0 Å². The van der Waals surface area contributed by atoms with Crippen LogP contribution in [0.5, 0.6) is 0 Å². The Morgan fingerprint density at radius 2 is 1.54 bits per heavy atom. The third-order valence-electron chi connectivity index (χ3n) is 1.00. The van der Waals surface area contributed by atoms with Gasteiger partial charge in [0.25, 0.3) is 0 Å². The van der Waals surface area contributed by atoms with Crippen molar-refractivity contribution in [2.45, 2.75) is 12.8 Å². The molecule has 5 heteroatoms. The van der Waals surface area contributed by atoms with Crippen LogP contribution < -0.4 is 0 Å². The lowest BCUT2D eigenvalue weighted by Gasteiger charge is -2.09. The summed E-state index contributed by atoms with van der Waals surface area (Å²) in [5, 5.41) is 0. The first-order valence-electron chi connectivity index (χ1n) is 3.61. The van der Waals surface area contributed by atoms with Gasteiger partial charge in [-0.3, -0.25) is 9.05 Å². The maximum atomic E-state index is 10.9. The molecule has 0 amide bonds. The van der Waals surface area contributed by atoms with Gasteiger partial charge in [0, 0.05) is 12.8 Å². The van der Waals surface area contributed by atoms with Crippen LogP contribution in [0.1, 0.15) is 12.8 Å². The molecule has 72 valence electrons. The van der Waals surface area contributed by atoms with Crippen LogP contribution in [0, 0.1) is 24.7 Å². The molecule has 1 N–H and O–H groups in total. The number of phosphoric acid groups is 1. The van der Waals surface area contributed by atoms with E-state index >= 15 is 0 Å². The molecular weight excluding hydrogens is 191 g/mol. The van der Waals surface area contributed by atoms with Crippen molar-refractivity contribution in [1.82, 2.24) is 0 Å². The van der Waals surface area contributed by atoms with Gasteiger partial charge in [-0.15, -0.1) is 24.7 Å². The van der Waals surface area contributed by atoms with E-state index in [1.54, 1.807) is 0 Å². The standard InChI is InChI=1S/C8H11O4P/c1-3-5-7-11-13(9,10)12-8-6-4-2/h1-2H,5-8H2,(H,9,10). The number of hydrogen-bond acceptors (Lipinski definition) is 3. The van der Waals surface area contributed by atoms with E-state index in [-0.39, 0.29) is 26.1 Å². The second-order valence-corrected chi connectivity index (χ2v) is 3.50. The summed E-state index contributed by atoms with van der Waals surface area (Å²) in [5.41, 5.74) is 0. The maximum absolute atomic E-state index is 10.9. The Labute approximate surface area is 77.9 Å². The highest BCUT2D eigenvalue weighted by atomic mass is 31.2. The quantitative estimate of drug-likeness (QED) is 0.399. The van der Waals surface area contributed by atoms with E-state index < -0.39 is 7.82 Å². The van der Waals surface area contributed by atoms with Crippen LogP contribution in [0.3, 0.4) is 0 Å². The van der Waals surface area contributed by atoms with E-state index in [2.05, 4.69) is 20.9 Å². The number of terminal acetylenes is 2. The van der Waals surface area contributed by atoms with Crippen molar-refractivity contribution in [2.75, 3.05) is 13.2 Å². The first kappa shape index (κ1) is 12.2. The van der Waals surface area contributed by atoms with E-state index in [0.717, 1.165) is 0 Å². The van der Waals surface area contributed by atoms with Gasteiger partial charge in [0.05, 0.1) is 13.2 Å². The molecule has 0 atom stereocenters. The first-order chi connectivity index (χ1) is 6.12. The van der Waals surface area contributed by atoms with Gasteiger partial charge in [-0.05, 0) is 0 Å². The van der Waals surface area contributed by atoms with E-state index in [0.29, 0.717) is 0 Å². The minimum Gasteiger partial charge on any atom is -0.302 e. The topological polar surface area (TPSA) is 55.8 Å². The van der Waals surface area contributed by atoms with E-state index in [1.807, 2.05) is 0 Å². The Morgan fingerprint density at radius 3 is 1.85 bits per heavy atom. The molecule has 0 aromatic carbocycles. The highest BCUT2D eigenvalue weighted by Crippen LogP contribution is 2.43. The Hall–Kier alpha value is -0.770. The van der Waals surface area contributed by atoms with E-state index in [4.69, 9.17) is 17.7 Å². The molecule has 0 bridgehead atoms. The molecule has 0 saturated carbocycles. The summed E-state index contributed by atoms with van der Waals surface area (Å²) in [6, 6.07) is 0. The molecule has 0 saturated heterocycles. The van der Waals surface area contributed by atoms with Crippen molar-refractivity contribution >= 4 is 7.82 Å². The zero-order chi connectivity index (χ0) is 10.2. The van der Waals surface area contributed by atoms with Crippen LogP contribution in [-0.4, -0.2) is 18.1 Å². The summed E-state index contributed by atoms with van der Waals surface area (Å²) in [6.45, 7) is 0.000657.